The summed E-state index contributed by atoms with van der Waals surface area (Å²) in [4.78, 5) is 6.43. The molecule has 9 heteroatoms. The minimum atomic E-state index is -4.33. The Bertz CT molecular complexity index is 538. The number of ether oxygens (including phenoxy) is 1. The summed E-state index contributed by atoms with van der Waals surface area (Å²) in [5, 5.41) is 6.42. The van der Waals surface area contributed by atoms with E-state index in [9.17, 15) is 13.2 Å². The van der Waals surface area contributed by atoms with Crippen molar-refractivity contribution < 1.29 is 17.9 Å². The number of likely N-dealkylation sites (N-methyl/N-ethyl adjacent to an activating group) is 1. The van der Waals surface area contributed by atoms with Crippen LogP contribution in [-0.2, 0) is 6.54 Å². The molecule has 2 N–H and O–H groups in total. The van der Waals surface area contributed by atoms with Crippen LogP contribution in [0.3, 0.4) is 0 Å². The number of hydrogen-bond donors (Lipinski definition) is 2. The monoisotopic (exact) mass is 502 g/mol. The first-order valence-corrected chi connectivity index (χ1v) is 8.75. The summed E-state index contributed by atoms with van der Waals surface area (Å²) in [7, 11) is 3.79. The molecular weight excluding hydrogens is 472 g/mol. The van der Waals surface area contributed by atoms with Gasteiger partial charge in [-0.25, -0.2) is 0 Å². The Balaban J connectivity index is 0.00000676. The van der Waals surface area contributed by atoms with Gasteiger partial charge in [0, 0.05) is 26.7 Å². The van der Waals surface area contributed by atoms with Crippen molar-refractivity contribution in [2.24, 2.45) is 4.99 Å². The number of benzene rings is 1. The van der Waals surface area contributed by atoms with Gasteiger partial charge in [-0.05, 0) is 37.7 Å². The number of guanidine groups is 1. The van der Waals surface area contributed by atoms with Gasteiger partial charge >= 0.3 is 6.18 Å². The average molecular weight is 502 g/mol. The number of halogens is 4. The highest BCUT2D eigenvalue weighted by molar-refractivity contribution is 14.0. The van der Waals surface area contributed by atoms with Gasteiger partial charge in [-0.3, -0.25) is 4.99 Å². The molecule has 1 rings (SSSR count). The molecule has 27 heavy (non-hydrogen) atoms. The van der Waals surface area contributed by atoms with E-state index in [-0.39, 0.29) is 29.7 Å². The topological polar surface area (TPSA) is 48.9 Å². The minimum Gasteiger partial charge on any atom is -0.484 e. The van der Waals surface area contributed by atoms with Crippen molar-refractivity contribution in [2.75, 3.05) is 40.3 Å². The average Bonchev–Trinajstić information content (AvgIpc) is 2.61. The predicted octanol–water partition coefficient (Wildman–Crippen LogP) is 3.64. The Labute approximate surface area is 176 Å². The maximum Gasteiger partial charge on any atom is 0.422 e. The fourth-order valence-corrected chi connectivity index (χ4v) is 2.18. The molecule has 0 saturated carbocycles. The lowest BCUT2D eigenvalue weighted by Gasteiger charge is -2.18. The van der Waals surface area contributed by atoms with E-state index in [0.29, 0.717) is 12.5 Å². The molecule has 0 aliphatic rings. The number of hydrogen-bond acceptors (Lipinski definition) is 3. The summed E-state index contributed by atoms with van der Waals surface area (Å²) in [6.45, 7) is 4.19. The van der Waals surface area contributed by atoms with Crippen molar-refractivity contribution in [3.8, 4) is 5.75 Å². The number of alkyl halides is 3. The molecule has 0 saturated heterocycles. The molecule has 0 radical (unpaired) electrons. The third kappa shape index (κ3) is 12.7. The first-order chi connectivity index (χ1) is 12.3. The van der Waals surface area contributed by atoms with Crippen LogP contribution in [0, 0.1) is 0 Å². The smallest absolute Gasteiger partial charge is 0.422 e. The molecule has 5 nitrogen and oxygen atoms in total. The minimum absolute atomic E-state index is 0. The normalized spacial score (nSPS) is 11.9. The first-order valence-electron chi connectivity index (χ1n) is 8.75. The highest BCUT2D eigenvalue weighted by atomic mass is 127. The SMILES string of the molecule is CCCCN(C)CCNC(=NC)NCc1ccc(OCC(F)(F)F)cc1.I. The number of rotatable bonds is 10. The quantitative estimate of drug-likeness (QED) is 0.292. The van der Waals surface area contributed by atoms with Crippen molar-refractivity contribution >= 4 is 29.9 Å². The summed E-state index contributed by atoms with van der Waals surface area (Å²) in [6, 6.07) is 6.51. The largest absolute Gasteiger partial charge is 0.484 e. The molecule has 0 fully saturated rings. The predicted molar refractivity (Wildman–Crippen MR) is 114 cm³/mol. The van der Waals surface area contributed by atoms with E-state index in [4.69, 9.17) is 0 Å². The number of aliphatic imine (C=N–C) groups is 1. The van der Waals surface area contributed by atoms with E-state index in [1.807, 2.05) is 0 Å². The maximum absolute atomic E-state index is 12.1. The fraction of sp³-hybridized carbons (Fsp3) is 0.611. The number of unbranched alkanes of at least 4 members (excludes halogenated alkanes) is 1. The van der Waals surface area contributed by atoms with Gasteiger partial charge in [0.15, 0.2) is 12.6 Å². The molecule has 0 amide bonds. The van der Waals surface area contributed by atoms with E-state index in [1.54, 1.807) is 19.2 Å². The van der Waals surface area contributed by atoms with Crippen LogP contribution in [0.4, 0.5) is 13.2 Å². The summed E-state index contributed by atoms with van der Waals surface area (Å²) in [6.07, 6.45) is -1.96. The zero-order valence-electron chi connectivity index (χ0n) is 16.1. The van der Waals surface area contributed by atoms with Crippen LogP contribution in [0.2, 0.25) is 0 Å². The van der Waals surface area contributed by atoms with Crippen molar-refractivity contribution in [3.05, 3.63) is 29.8 Å². The first kappa shape index (κ1) is 25.8. The molecule has 1 aromatic rings. The van der Waals surface area contributed by atoms with Gasteiger partial charge in [0.2, 0.25) is 0 Å². The molecule has 0 unspecified atom stereocenters. The molecule has 0 aliphatic carbocycles. The van der Waals surface area contributed by atoms with Gasteiger partial charge in [0.25, 0.3) is 0 Å². The van der Waals surface area contributed by atoms with E-state index >= 15 is 0 Å². The fourth-order valence-electron chi connectivity index (χ4n) is 2.18. The highest BCUT2D eigenvalue weighted by Gasteiger charge is 2.28. The molecule has 0 aliphatic heterocycles. The van der Waals surface area contributed by atoms with Crippen molar-refractivity contribution in [2.45, 2.75) is 32.5 Å². The van der Waals surface area contributed by atoms with E-state index in [1.165, 1.54) is 25.0 Å². The Morgan fingerprint density at radius 3 is 2.37 bits per heavy atom. The van der Waals surface area contributed by atoms with E-state index in [0.717, 1.165) is 25.2 Å². The van der Waals surface area contributed by atoms with Gasteiger partial charge in [-0.1, -0.05) is 25.5 Å². The van der Waals surface area contributed by atoms with Crippen LogP contribution in [0.15, 0.2) is 29.3 Å². The third-order valence-corrected chi connectivity index (χ3v) is 3.69. The summed E-state index contributed by atoms with van der Waals surface area (Å²) in [5.74, 6) is 0.884. The zero-order chi connectivity index (χ0) is 19.4. The van der Waals surface area contributed by atoms with Gasteiger partial charge in [0.1, 0.15) is 5.75 Å². The Morgan fingerprint density at radius 1 is 1.15 bits per heavy atom. The van der Waals surface area contributed by atoms with E-state index < -0.39 is 12.8 Å². The number of nitrogens with zero attached hydrogens (tertiary/aromatic N) is 2. The van der Waals surface area contributed by atoms with Crippen LogP contribution in [0.5, 0.6) is 5.75 Å². The van der Waals surface area contributed by atoms with Crippen molar-refractivity contribution in [1.29, 1.82) is 0 Å². The third-order valence-electron chi connectivity index (χ3n) is 3.69. The summed E-state index contributed by atoms with van der Waals surface area (Å²) in [5.41, 5.74) is 0.923. The lowest BCUT2D eigenvalue weighted by molar-refractivity contribution is -0.153. The Morgan fingerprint density at radius 2 is 1.81 bits per heavy atom. The molecule has 0 atom stereocenters. The van der Waals surface area contributed by atoms with Crippen molar-refractivity contribution in [3.63, 3.8) is 0 Å². The zero-order valence-corrected chi connectivity index (χ0v) is 18.4. The van der Waals surface area contributed by atoms with Crippen molar-refractivity contribution in [1.82, 2.24) is 15.5 Å². The molecule has 0 heterocycles. The summed E-state index contributed by atoms with van der Waals surface area (Å²) < 4.78 is 41.1. The second-order valence-corrected chi connectivity index (χ2v) is 6.06. The molecule has 156 valence electrons. The molecule has 1 aromatic carbocycles. The maximum atomic E-state index is 12.1. The van der Waals surface area contributed by atoms with Gasteiger partial charge in [0.05, 0.1) is 0 Å². The Kier molecular flexibility index (Phi) is 13.2. The van der Waals surface area contributed by atoms with Crippen LogP contribution in [0.1, 0.15) is 25.3 Å². The summed E-state index contributed by atoms with van der Waals surface area (Å²) >= 11 is 0. The van der Waals surface area contributed by atoms with E-state index in [2.05, 4.69) is 39.2 Å². The highest BCUT2D eigenvalue weighted by Crippen LogP contribution is 2.18. The lowest BCUT2D eigenvalue weighted by Crippen LogP contribution is -2.40. The van der Waals surface area contributed by atoms with Gasteiger partial charge < -0.3 is 20.3 Å². The van der Waals surface area contributed by atoms with Gasteiger partial charge in [-0.2, -0.15) is 13.2 Å². The molecule has 0 bridgehead atoms. The second kappa shape index (κ2) is 13.9. The molecule has 0 spiro atoms. The molecule has 0 aromatic heterocycles. The van der Waals surface area contributed by atoms with Crippen LogP contribution >= 0.6 is 24.0 Å². The van der Waals surface area contributed by atoms with Gasteiger partial charge in [-0.15, -0.1) is 24.0 Å². The molecular formula is C18H30F3IN4O. The number of nitrogens with one attached hydrogen (secondary N) is 2. The van der Waals surface area contributed by atoms with Crippen LogP contribution in [-0.4, -0.2) is 57.4 Å². The second-order valence-electron chi connectivity index (χ2n) is 6.06. The lowest BCUT2D eigenvalue weighted by atomic mass is 10.2. The standard InChI is InChI=1S/C18H29F3N4O.HI/c1-4-5-11-25(3)12-10-23-17(22-2)24-13-15-6-8-16(9-7-15)26-14-18(19,20)21;/h6-9H,4-5,10-14H2,1-3H3,(H2,22,23,24);1H. The van der Waals surface area contributed by atoms with Crippen LogP contribution in [0.25, 0.3) is 0 Å². The Hall–Kier alpha value is -1.23. The van der Waals surface area contributed by atoms with Crippen LogP contribution < -0.4 is 15.4 Å².